The van der Waals surface area contributed by atoms with Crippen molar-refractivity contribution in [1.82, 2.24) is 0 Å². The van der Waals surface area contributed by atoms with E-state index in [4.69, 9.17) is 9.47 Å². The molecule has 24 heavy (non-hydrogen) atoms. The number of hydrogen-bond acceptors (Lipinski definition) is 4. The molecule has 0 atom stereocenters. The van der Waals surface area contributed by atoms with Crippen molar-refractivity contribution in [2.45, 2.75) is 6.92 Å². The summed E-state index contributed by atoms with van der Waals surface area (Å²) in [5, 5.41) is 2.55. The zero-order chi connectivity index (χ0) is 17.5. The monoisotopic (exact) mass is 335 g/mol. The molecule has 0 unspecified atom stereocenters. The maximum Gasteiger partial charge on any atom is 0.338 e. The van der Waals surface area contributed by atoms with Crippen LogP contribution in [0.1, 0.15) is 17.3 Å². The van der Waals surface area contributed by atoms with Crippen molar-refractivity contribution in [2.24, 2.45) is 0 Å². The third kappa shape index (κ3) is 4.77. The van der Waals surface area contributed by atoms with E-state index in [-0.39, 0.29) is 19.0 Å². The van der Waals surface area contributed by atoms with Crippen LogP contribution in [0.5, 0.6) is 5.75 Å². The number of anilines is 1. The number of nitrogens with one attached hydrogen (secondary N) is 1. The van der Waals surface area contributed by atoms with Crippen LogP contribution in [0.15, 0.2) is 42.5 Å². The van der Waals surface area contributed by atoms with Crippen LogP contribution >= 0.6 is 0 Å². The fourth-order valence-electron chi connectivity index (χ4n) is 1.82. The summed E-state index contributed by atoms with van der Waals surface area (Å²) < 4.78 is 35.7. The van der Waals surface area contributed by atoms with E-state index in [0.717, 1.165) is 12.1 Å². The molecule has 5 nitrogen and oxygen atoms in total. The summed E-state index contributed by atoms with van der Waals surface area (Å²) in [6, 6.07) is 9.12. The number of carbonyl (C=O) groups is 2. The Balaban J connectivity index is 1.87. The Bertz CT molecular complexity index is 732. The summed E-state index contributed by atoms with van der Waals surface area (Å²) in [5.74, 6) is -2.93. The predicted octanol–water partition coefficient (Wildman–Crippen LogP) is 3.16. The second-order valence-corrected chi connectivity index (χ2v) is 4.71. The molecule has 1 N–H and O–H groups in total. The first-order valence-corrected chi connectivity index (χ1v) is 7.14. The second kappa shape index (κ2) is 8.05. The van der Waals surface area contributed by atoms with E-state index < -0.39 is 23.5 Å². The van der Waals surface area contributed by atoms with Crippen LogP contribution in [-0.4, -0.2) is 25.1 Å². The van der Waals surface area contributed by atoms with E-state index in [9.17, 15) is 18.4 Å². The number of hydrogen-bond donors (Lipinski definition) is 1. The van der Waals surface area contributed by atoms with Gasteiger partial charge in [-0.3, -0.25) is 4.79 Å². The Morgan fingerprint density at radius 2 is 1.75 bits per heavy atom. The summed E-state index contributed by atoms with van der Waals surface area (Å²) in [4.78, 5) is 23.3. The topological polar surface area (TPSA) is 64.6 Å². The number of esters is 1. The summed E-state index contributed by atoms with van der Waals surface area (Å²) in [6.07, 6.45) is 0. The first-order valence-electron chi connectivity index (χ1n) is 7.14. The summed E-state index contributed by atoms with van der Waals surface area (Å²) in [6.45, 7) is 1.61. The van der Waals surface area contributed by atoms with Crippen molar-refractivity contribution in [2.75, 3.05) is 18.5 Å². The van der Waals surface area contributed by atoms with Gasteiger partial charge >= 0.3 is 5.97 Å². The Morgan fingerprint density at radius 3 is 2.38 bits per heavy atom. The highest BCUT2D eigenvalue weighted by atomic mass is 19.2. The molecule has 2 rings (SSSR count). The average Bonchev–Trinajstić information content (AvgIpc) is 2.57. The molecule has 0 aliphatic carbocycles. The van der Waals surface area contributed by atoms with Gasteiger partial charge in [-0.2, -0.15) is 0 Å². The van der Waals surface area contributed by atoms with Gasteiger partial charge in [0.1, 0.15) is 5.75 Å². The van der Waals surface area contributed by atoms with Crippen molar-refractivity contribution in [1.29, 1.82) is 0 Å². The van der Waals surface area contributed by atoms with E-state index in [0.29, 0.717) is 11.3 Å². The molecular weight excluding hydrogens is 320 g/mol. The van der Waals surface area contributed by atoms with E-state index >= 15 is 0 Å². The van der Waals surface area contributed by atoms with Crippen LogP contribution in [0.3, 0.4) is 0 Å². The first kappa shape index (κ1) is 17.4. The van der Waals surface area contributed by atoms with Crippen molar-refractivity contribution in [3.8, 4) is 5.75 Å². The maximum absolute atomic E-state index is 13.0. The van der Waals surface area contributed by atoms with Crippen molar-refractivity contribution in [3.63, 3.8) is 0 Å². The fraction of sp³-hybridized carbons (Fsp3) is 0.176. The van der Waals surface area contributed by atoms with Crippen molar-refractivity contribution < 1.29 is 27.8 Å². The SMILES string of the molecule is CCOC(=O)c1ccc(NC(=O)COc2ccc(F)c(F)c2)cc1. The lowest BCUT2D eigenvalue weighted by molar-refractivity contribution is -0.118. The molecule has 0 aliphatic heterocycles. The minimum absolute atomic E-state index is 0.0432. The van der Waals surface area contributed by atoms with Crippen LogP contribution < -0.4 is 10.1 Å². The third-order valence-electron chi connectivity index (χ3n) is 2.94. The molecule has 0 aliphatic rings. The highest BCUT2D eigenvalue weighted by molar-refractivity contribution is 5.93. The van der Waals surface area contributed by atoms with Gasteiger partial charge in [0, 0.05) is 11.8 Å². The van der Waals surface area contributed by atoms with Gasteiger partial charge in [0.15, 0.2) is 18.2 Å². The highest BCUT2D eigenvalue weighted by Crippen LogP contribution is 2.15. The van der Waals surface area contributed by atoms with Crippen LogP contribution in [0.25, 0.3) is 0 Å². The number of ether oxygens (including phenoxy) is 2. The quantitative estimate of drug-likeness (QED) is 0.824. The maximum atomic E-state index is 13.0. The van der Waals surface area contributed by atoms with Crippen molar-refractivity contribution >= 4 is 17.6 Å². The third-order valence-corrected chi connectivity index (χ3v) is 2.94. The normalized spacial score (nSPS) is 10.1. The number of amides is 1. The Hall–Kier alpha value is -2.96. The lowest BCUT2D eigenvalue weighted by Crippen LogP contribution is -2.20. The Labute approximate surface area is 137 Å². The lowest BCUT2D eigenvalue weighted by atomic mass is 10.2. The first-order chi connectivity index (χ1) is 11.5. The molecular formula is C17H15F2NO4. The number of halogens is 2. The van der Waals surface area contributed by atoms with Gasteiger partial charge in [-0.1, -0.05) is 0 Å². The molecule has 0 saturated heterocycles. The van der Waals surface area contributed by atoms with Gasteiger partial charge in [0.2, 0.25) is 0 Å². The highest BCUT2D eigenvalue weighted by Gasteiger charge is 2.09. The van der Waals surface area contributed by atoms with Crippen LogP contribution in [0, 0.1) is 11.6 Å². The molecule has 2 aromatic carbocycles. The minimum atomic E-state index is -1.05. The molecule has 0 bridgehead atoms. The minimum Gasteiger partial charge on any atom is -0.484 e. The second-order valence-electron chi connectivity index (χ2n) is 4.71. The summed E-state index contributed by atoms with van der Waals surface area (Å²) in [7, 11) is 0. The van der Waals surface area contributed by atoms with E-state index in [2.05, 4.69) is 5.32 Å². The lowest BCUT2D eigenvalue weighted by Gasteiger charge is -2.08. The predicted molar refractivity (Wildman–Crippen MR) is 82.9 cm³/mol. The molecule has 0 spiro atoms. The smallest absolute Gasteiger partial charge is 0.338 e. The van der Waals surface area contributed by atoms with Crippen LogP contribution in [0.2, 0.25) is 0 Å². The fourth-order valence-corrected chi connectivity index (χ4v) is 1.82. The van der Waals surface area contributed by atoms with Gasteiger partial charge in [0.25, 0.3) is 5.91 Å². The van der Waals surface area contributed by atoms with Gasteiger partial charge in [-0.05, 0) is 43.3 Å². The van der Waals surface area contributed by atoms with Gasteiger partial charge in [-0.25, -0.2) is 13.6 Å². The molecule has 126 valence electrons. The molecule has 1 amide bonds. The molecule has 0 fully saturated rings. The Kier molecular flexibility index (Phi) is 5.83. The van der Waals surface area contributed by atoms with Crippen molar-refractivity contribution in [3.05, 3.63) is 59.7 Å². The van der Waals surface area contributed by atoms with E-state index in [1.54, 1.807) is 19.1 Å². The zero-order valence-corrected chi connectivity index (χ0v) is 12.8. The van der Waals surface area contributed by atoms with Crippen LogP contribution in [-0.2, 0) is 9.53 Å². The van der Waals surface area contributed by atoms with Gasteiger partial charge in [0.05, 0.1) is 12.2 Å². The summed E-state index contributed by atoms with van der Waals surface area (Å²) in [5.41, 5.74) is 0.829. The molecule has 0 aromatic heterocycles. The standard InChI is InChI=1S/C17H15F2NO4/c1-2-23-17(22)11-3-5-12(6-4-11)20-16(21)10-24-13-7-8-14(18)15(19)9-13/h3-9H,2,10H2,1H3,(H,20,21). The number of benzene rings is 2. The van der Waals surface area contributed by atoms with Gasteiger partial charge < -0.3 is 14.8 Å². The summed E-state index contributed by atoms with van der Waals surface area (Å²) >= 11 is 0. The van der Waals surface area contributed by atoms with E-state index in [1.807, 2.05) is 0 Å². The zero-order valence-electron chi connectivity index (χ0n) is 12.8. The van der Waals surface area contributed by atoms with Crippen LogP contribution in [0.4, 0.5) is 14.5 Å². The molecule has 0 radical (unpaired) electrons. The molecule has 7 heteroatoms. The van der Waals surface area contributed by atoms with Gasteiger partial charge in [-0.15, -0.1) is 0 Å². The molecule has 2 aromatic rings. The largest absolute Gasteiger partial charge is 0.484 e. The van der Waals surface area contributed by atoms with E-state index in [1.165, 1.54) is 18.2 Å². The average molecular weight is 335 g/mol. The molecule has 0 heterocycles. The number of carbonyl (C=O) groups excluding carboxylic acids is 2. The Morgan fingerprint density at radius 1 is 1.04 bits per heavy atom. The molecule has 0 saturated carbocycles. The number of rotatable bonds is 6.